The summed E-state index contributed by atoms with van der Waals surface area (Å²) in [4.78, 5) is 28.5. The molecule has 1 radical (unpaired) electrons. The Labute approximate surface area is 102 Å². The largest absolute Gasteiger partial charge is 0.365 e. The lowest BCUT2D eigenvalue weighted by atomic mass is 10.2. The number of aromatic nitrogens is 3. The van der Waals surface area contributed by atoms with Gasteiger partial charge in [0.15, 0.2) is 5.65 Å². The average Bonchev–Trinajstić information content (AvgIpc) is 2.92. The zero-order valence-electron chi connectivity index (χ0n) is 9.46. The van der Waals surface area contributed by atoms with Gasteiger partial charge in [0.25, 0.3) is 11.9 Å². The molecule has 0 spiro atoms. The van der Waals surface area contributed by atoms with Gasteiger partial charge < -0.3 is 5.73 Å². The van der Waals surface area contributed by atoms with Crippen molar-refractivity contribution in [2.75, 3.05) is 11.4 Å². The first-order valence-corrected chi connectivity index (χ1v) is 5.54. The van der Waals surface area contributed by atoms with Crippen molar-refractivity contribution in [3.05, 3.63) is 23.9 Å². The van der Waals surface area contributed by atoms with E-state index in [2.05, 4.69) is 16.1 Å². The number of amides is 2. The molecule has 2 amide bonds. The minimum Gasteiger partial charge on any atom is -0.365 e. The van der Waals surface area contributed by atoms with Gasteiger partial charge in [-0.05, 0) is 12.5 Å². The molecule has 3 rings (SSSR count). The smallest absolute Gasteiger partial charge is 0.253 e. The Bertz CT molecular complexity index is 648. The number of hydrogen-bond donors (Lipinski definition) is 1. The molecule has 1 aliphatic rings. The molecule has 2 N–H and O–H groups in total. The van der Waals surface area contributed by atoms with E-state index in [4.69, 9.17) is 5.73 Å². The lowest BCUT2D eigenvalue weighted by Gasteiger charge is -2.08. The second-order valence-electron chi connectivity index (χ2n) is 4.03. The minimum atomic E-state index is -0.618. The maximum absolute atomic E-state index is 11.6. The quantitative estimate of drug-likeness (QED) is 0.788. The Balaban J connectivity index is 2.13. The van der Waals surface area contributed by atoms with E-state index in [1.165, 1.54) is 15.5 Å². The fraction of sp³-hybridized carbons (Fsp3) is 0.273. The van der Waals surface area contributed by atoms with Crippen LogP contribution in [0, 0.1) is 6.07 Å². The van der Waals surface area contributed by atoms with Crippen molar-refractivity contribution in [3.8, 4) is 0 Å². The van der Waals surface area contributed by atoms with E-state index in [1.54, 1.807) is 6.20 Å². The monoisotopic (exact) mass is 244 g/mol. The number of carbonyl (C=O) groups excluding carboxylic acids is 2. The van der Waals surface area contributed by atoms with Crippen LogP contribution in [-0.2, 0) is 4.79 Å². The second-order valence-corrected chi connectivity index (χ2v) is 4.03. The molecule has 91 valence electrons. The topological polar surface area (TPSA) is 93.6 Å². The van der Waals surface area contributed by atoms with E-state index >= 15 is 0 Å². The third kappa shape index (κ3) is 1.52. The highest BCUT2D eigenvalue weighted by Crippen LogP contribution is 2.19. The number of rotatable bonds is 2. The molecule has 0 atom stereocenters. The lowest BCUT2D eigenvalue weighted by molar-refractivity contribution is -0.117. The Morgan fingerprint density at radius 1 is 1.50 bits per heavy atom. The third-order valence-corrected chi connectivity index (χ3v) is 2.85. The van der Waals surface area contributed by atoms with Crippen LogP contribution in [0.2, 0.25) is 0 Å². The van der Waals surface area contributed by atoms with Gasteiger partial charge in [-0.2, -0.15) is 4.98 Å². The van der Waals surface area contributed by atoms with Crippen LogP contribution in [0.5, 0.6) is 0 Å². The summed E-state index contributed by atoms with van der Waals surface area (Å²) in [7, 11) is 0. The first kappa shape index (κ1) is 10.7. The molecule has 1 aliphatic heterocycles. The molecular weight excluding hydrogens is 234 g/mol. The summed E-state index contributed by atoms with van der Waals surface area (Å²) in [5, 5.41) is 4.17. The zero-order valence-corrected chi connectivity index (χ0v) is 9.46. The number of carbonyl (C=O) groups is 2. The van der Waals surface area contributed by atoms with Crippen molar-refractivity contribution in [2.45, 2.75) is 12.8 Å². The van der Waals surface area contributed by atoms with E-state index in [9.17, 15) is 9.59 Å². The summed E-state index contributed by atoms with van der Waals surface area (Å²) < 4.78 is 1.43. The SMILES string of the molecule is NC(=O)c1[c]ccn2nc(N3CCCC3=O)nc12. The van der Waals surface area contributed by atoms with E-state index in [0.717, 1.165) is 6.42 Å². The number of nitrogens with two attached hydrogens (primary N) is 1. The van der Waals surface area contributed by atoms with E-state index in [0.29, 0.717) is 24.6 Å². The summed E-state index contributed by atoms with van der Waals surface area (Å²) in [5.41, 5.74) is 5.73. The van der Waals surface area contributed by atoms with Gasteiger partial charge in [-0.15, -0.1) is 5.10 Å². The van der Waals surface area contributed by atoms with Crippen LogP contribution in [0.1, 0.15) is 23.2 Å². The fourth-order valence-electron chi connectivity index (χ4n) is 2.00. The van der Waals surface area contributed by atoms with Gasteiger partial charge in [-0.3, -0.25) is 14.5 Å². The van der Waals surface area contributed by atoms with E-state index in [-0.39, 0.29) is 11.5 Å². The minimum absolute atomic E-state index is 0.00416. The van der Waals surface area contributed by atoms with Crippen LogP contribution in [0.3, 0.4) is 0 Å². The van der Waals surface area contributed by atoms with E-state index < -0.39 is 5.91 Å². The first-order chi connectivity index (χ1) is 8.66. The van der Waals surface area contributed by atoms with Crippen LogP contribution in [0.25, 0.3) is 5.65 Å². The van der Waals surface area contributed by atoms with Crippen molar-refractivity contribution in [3.63, 3.8) is 0 Å². The Morgan fingerprint density at radius 2 is 2.33 bits per heavy atom. The van der Waals surface area contributed by atoms with Crippen molar-refractivity contribution < 1.29 is 9.59 Å². The molecule has 0 saturated carbocycles. The predicted octanol–water partition coefficient (Wildman–Crippen LogP) is -0.245. The van der Waals surface area contributed by atoms with Gasteiger partial charge in [0.05, 0.1) is 5.56 Å². The molecule has 2 aromatic heterocycles. The van der Waals surface area contributed by atoms with Crippen LogP contribution in [0.15, 0.2) is 12.3 Å². The molecule has 1 saturated heterocycles. The Kier molecular flexibility index (Phi) is 2.26. The molecule has 0 aliphatic carbocycles. The Morgan fingerprint density at radius 3 is 3.00 bits per heavy atom. The molecule has 0 bridgehead atoms. The van der Waals surface area contributed by atoms with Crippen LogP contribution in [-0.4, -0.2) is 33.0 Å². The Hall–Kier alpha value is -2.44. The first-order valence-electron chi connectivity index (χ1n) is 5.54. The maximum atomic E-state index is 11.6. The number of fused-ring (bicyclic) bond motifs is 1. The van der Waals surface area contributed by atoms with Crippen LogP contribution < -0.4 is 10.6 Å². The van der Waals surface area contributed by atoms with Crippen molar-refractivity contribution >= 4 is 23.4 Å². The fourth-order valence-corrected chi connectivity index (χ4v) is 2.00. The number of pyridine rings is 1. The van der Waals surface area contributed by atoms with Gasteiger partial charge in [0.2, 0.25) is 5.91 Å². The summed E-state index contributed by atoms with van der Waals surface area (Å²) in [6, 6.07) is 4.26. The highest BCUT2D eigenvalue weighted by molar-refractivity contribution is 5.99. The van der Waals surface area contributed by atoms with Gasteiger partial charge in [0, 0.05) is 25.2 Å². The zero-order chi connectivity index (χ0) is 12.7. The average molecular weight is 244 g/mol. The highest BCUT2D eigenvalue weighted by Gasteiger charge is 2.25. The third-order valence-electron chi connectivity index (χ3n) is 2.85. The molecule has 18 heavy (non-hydrogen) atoms. The highest BCUT2D eigenvalue weighted by atomic mass is 16.2. The van der Waals surface area contributed by atoms with Crippen LogP contribution >= 0.6 is 0 Å². The van der Waals surface area contributed by atoms with Gasteiger partial charge in [-0.25, -0.2) is 4.52 Å². The van der Waals surface area contributed by atoms with Gasteiger partial charge in [0.1, 0.15) is 0 Å². The van der Waals surface area contributed by atoms with Crippen molar-refractivity contribution in [1.82, 2.24) is 14.6 Å². The second kappa shape index (κ2) is 3.80. The summed E-state index contributed by atoms with van der Waals surface area (Å²) in [6.07, 6.45) is 2.91. The molecule has 3 heterocycles. The van der Waals surface area contributed by atoms with E-state index in [1.807, 2.05) is 0 Å². The molecule has 7 nitrogen and oxygen atoms in total. The van der Waals surface area contributed by atoms with Crippen LogP contribution in [0.4, 0.5) is 5.95 Å². The normalized spacial score (nSPS) is 15.6. The number of hydrogen-bond acceptors (Lipinski definition) is 4. The van der Waals surface area contributed by atoms with Crippen molar-refractivity contribution in [1.29, 1.82) is 0 Å². The maximum Gasteiger partial charge on any atom is 0.253 e. The van der Waals surface area contributed by atoms with Gasteiger partial charge in [-0.1, -0.05) is 0 Å². The standard InChI is InChI=1S/C11H10N5O2/c12-9(18)7-3-1-6-16-10(7)13-11(14-16)15-5-2-4-8(15)17/h1,6H,2,4-5H2,(H2,12,18). The summed E-state index contributed by atoms with van der Waals surface area (Å²) in [6.45, 7) is 0.603. The summed E-state index contributed by atoms with van der Waals surface area (Å²) >= 11 is 0. The van der Waals surface area contributed by atoms with Crippen molar-refractivity contribution in [2.24, 2.45) is 5.73 Å². The number of nitrogens with zero attached hydrogens (tertiary/aromatic N) is 4. The molecule has 1 fully saturated rings. The molecule has 0 aromatic carbocycles. The summed E-state index contributed by atoms with van der Waals surface area (Å²) in [5.74, 6) is -0.317. The molecule has 2 aromatic rings. The van der Waals surface area contributed by atoms with Gasteiger partial charge >= 0.3 is 0 Å². The lowest BCUT2D eigenvalue weighted by Crippen LogP contribution is -2.24. The predicted molar refractivity (Wildman–Crippen MR) is 61.9 cm³/mol. The molecule has 0 unspecified atom stereocenters. The number of primary amides is 1. The number of anilines is 1. The molecular formula is C11H10N5O2. The molecule has 7 heteroatoms.